The molecule has 1 heterocycles. The van der Waals surface area contributed by atoms with Crippen LogP contribution in [0.2, 0.25) is 0 Å². The molecule has 0 spiro atoms. The van der Waals surface area contributed by atoms with Crippen molar-refractivity contribution in [3.05, 3.63) is 48.1 Å². The molecule has 17 heavy (non-hydrogen) atoms. The van der Waals surface area contributed by atoms with E-state index in [0.29, 0.717) is 18.9 Å². The Balaban J connectivity index is 1.90. The summed E-state index contributed by atoms with van der Waals surface area (Å²) in [5.74, 6) is 0.578. The van der Waals surface area contributed by atoms with Gasteiger partial charge in [-0.15, -0.1) is 0 Å². The molecule has 0 fully saturated rings. The van der Waals surface area contributed by atoms with Crippen molar-refractivity contribution in [2.75, 3.05) is 6.54 Å². The van der Waals surface area contributed by atoms with Crippen LogP contribution < -0.4 is 5.32 Å². The number of benzene rings is 1. The number of rotatable bonds is 5. The second-order valence-corrected chi connectivity index (χ2v) is 4.09. The fraction of sp³-hybridized carbons (Fsp3) is 0.333. The van der Waals surface area contributed by atoms with Crippen molar-refractivity contribution >= 4 is 0 Å². The average molecular weight is 233 g/mol. The number of hydrogen-bond donors (Lipinski definition) is 2. The molecule has 0 radical (unpaired) electrons. The highest BCUT2D eigenvalue weighted by atomic mass is 16.5. The summed E-state index contributed by atoms with van der Waals surface area (Å²) in [4.78, 5) is 3.89. The van der Waals surface area contributed by atoms with Crippen LogP contribution in [0.1, 0.15) is 18.3 Å². The summed E-state index contributed by atoms with van der Waals surface area (Å²) in [7, 11) is 0. The number of nitrogens with zero attached hydrogens (tertiary/aromatic N) is 2. The van der Waals surface area contributed by atoms with E-state index in [1.165, 1.54) is 6.39 Å². The van der Waals surface area contributed by atoms with E-state index in [1.807, 2.05) is 30.3 Å². The molecule has 0 aliphatic rings. The van der Waals surface area contributed by atoms with E-state index in [4.69, 9.17) is 0 Å². The molecule has 0 aliphatic heterocycles. The Morgan fingerprint density at radius 1 is 1.35 bits per heavy atom. The quantitative estimate of drug-likeness (QED) is 0.808. The Hall–Kier alpha value is -1.72. The second-order valence-electron chi connectivity index (χ2n) is 4.09. The van der Waals surface area contributed by atoms with Gasteiger partial charge in [0, 0.05) is 6.54 Å². The lowest BCUT2D eigenvalue weighted by Crippen LogP contribution is -2.35. The van der Waals surface area contributed by atoms with Gasteiger partial charge < -0.3 is 14.9 Å². The summed E-state index contributed by atoms with van der Waals surface area (Å²) < 4.78 is 4.62. The minimum atomic E-state index is -0.912. The summed E-state index contributed by atoms with van der Waals surface area (Å²) in [6.45, 7) is 2.66. The fourth-order valence-electron chi connectivity index (χ4n) is 1.59. The summed E-state index contributed by atoms with van der Waals surface area (Å²) in [6.07, 6.45) is 1.28. The van der Waals surface area contributed by atoms with Gasteiger partial charge in [-0.3, -0.25) is 0 Å². The second kappa shape index (κ2) is 5.07. The van der Waals surface area contributed by atoms with Crippen LogP contribution in [0.4, 0.5) is 0 Å². The highest BCUT2D eigenvalue weighted by Gasteiger charge is 2.22. The van der Waals surface area contributed by atoms with E-state index < -0.39 is 5.60 Å². The molecule has 0 amide bonds. The van der Waals surface area contributed by atoms with Crippen LogP contribution in [0.3, 0.4) is 0 Å². The van der Waals surface area contributed by atoms with Gasteiger partial charge in [-0.1, -0.05) is 35.5 Å². The van der Waals surface area contributed by atoms with Gasteiger partial charge in [0.15, 0.2) is 5.82 Å². The molecule has 90 valence electrons. The van der Waals surface area contributed by atoms with Crippen molar-refractivity contribution in [3.8, 4) is 0 Å². The first-order chi connectivity index (χ1) is 8.18. The topological polar surface area (TPSA) is 71.2 Å². The Labute approximate surface area is 99.5 Å². The van der Waals surface area contributed by atoms with Crippen LogP contribution in [0.25, 0.3) is 0 Å². The number of hydrogen-bond acceptors (Lipinski definition) is 5. The zero-order valence-corrected chi connectivity index (χ0v) is 9.63. The summed E-state index contributed by atoms with van der Waals surface area (Å²) >= 11 is 0. The molecule has 2 rings (SSSR count). The van der Waals surface area contributed by atoms with Gasteiger partial charge in [0.05, 0.1) is 12.1 Å². The highest BCUT2D eigenvalue weighted by Crippen LogP contribution is 2.18. The van der Waals surface area contributed by atoms with Gasteiger partial charge in [-0.05, 0) is 12.5 Å². The molecule has 1 aromatic carbocycles. The van der Waals surface area contributed by atoms with Gasteiger partial charge >= 0.3 is 0 Å². The van der Waals surface area contributed by atoms with Gasteiger partial charge in [0.2, 0.25) is 6.39 Å². The Morgan fingerprint density at radius 3 is 2.76 bits per heavy atom. The molecule has 1 unspecified atom stereocenters. The average Bonchev–Trinajstić information content (AvgIpc) is 2.83. The van der Waals surface area contributed by atoms with Gasteiger partial charge in [0.25, 0.3) is 0 Å². The third-order valence-corrected chi connectivity index (χ3v) is 2.55. The molecule has 2 N–H and O–H groups in total. The molecule has 1 aromatic heterocycles. The lowest BCUT2D eigenvalue weighted by atomic mass is 9.96. The van der Waals surface area contributed by atoms with E-state index in [-0.39, 0.29) is 0 Å². The normalized spacial score (nSPS) is 14.5. The number of aliphatic hydroxyl groups is 1. The van der Waals surface area contributed by atoms with Crippen molar-refractivity contribution in [1.82, 2.24) is 15.5 Å². The van der Waals surface area contributed by atoms with Crippen LogP contribution in [0.15, 0.2) is 41.2 Å². The molecule has 5 nitrogen and oxygen atoms in total. The maximum absolute atomic E-state index is 10.3. The monoisotopic (exact) mass is 233 g/mol. The molecule has 1 atom stereocenters. The van der Waals surface area contributed by atoms with Crippen molar-refractivity contribution in [2.24, 2.45) is 0 Å². The first-order valence-corrected chi connectivity index (χ1v) is 5.42. The zero-order chi connectivity index (χ0) is 12.1. The third kappa shape index (κ3) is 3.12. The predicted molar refractivity (Wildman–Crippen MR) is 62.0 cm³/mol. The number of nitrogens with one attached hydrogen (secondary N) is 1. The zero-order valence-electron chi connectivity index (χ0n) is 9.63. The Kier molecular flexibility index (Phi) is 3.51. The highest BCUT2D eigenvalue weighted by molar-refractivity contribution is 5.21. The predicted octanol–water partition coefficient (Wildman–Crippen LogP) is 1.07. The van der Waals surface area contributed by atoms with Crippen molar-refractivity contribution in [1.29, 1.82) is 0 Å². The summed E-state index contributed by atoms with van der Waals surface area (Å²) in [5, 5.41) is 17.1. The SMILES string of the molecule is CC(O)(CNCc1ncon1)c1ccccc1. The van der Waals surface area contributed by atoms with Crippen molar-refractivity contribution < 1.29 is 9.63 Å². The minimum absolute atomic E-state index is 0.422. The van der Waals surface area contributed by atoms with Crippen molar-refractivity contribution in [2.45, 2.75) is 19.1 Å². The fourth-order valence-corrected chi connectivity index (χ4v) is 1.59. The van der Waals surface area contributed by atoms with Gasteiger partial charge in [-0.2, -0.15) is 4.98 Å². The minimum Gasteiger partial charge on any atom is -0.384 e. The first kappa shape index (κ1) is 11.8. The van der Waals surface area contributed by atoms with Gasteiger partial charge in [0.1, 0.15) is 0 Å². The Bertz CT molecular complexity index is 440. The Morgan fingerprint density at radius 2 is 2.12 bits per heavy atom. The van der Waals surface area contributed by atoms with Crippen LogP contribution >= 0.6 is 0 Å². The molecule has 0 bridgehead atoms. The number of aromatic nitrogens is 2. The van der Waals surface area contributed by atoms with Gasteiger partial charge in [-0.25, -0.2) is 0 Å². The van der Waals surface area contributed by atoms with Crippen LogP contribution in [0.5, 0.6) is 0 Å². The van der Waals surface area contributed by atoms with Crippen molar-refractivity contribution in [3.63, 3.8) is 0 Å². The van der Waals surface area contributed by atoms with E-state index in [9.17, 15) is 5.11 Å². The molecule has 5 heteroatoms. The smallest absolute Gasteiger partial charge is 0.213 e. The molecule has 0 aliphatic carbocycles. The lowest BCUT2D eigenvalue weighted by Gasteiger charge is -2.23. The standard InChI is InChI=1S/C12H15N3O2/c1-12(16,10-5-3-2-4-6-10)8-13-7-11-14-9-17-15-11/h2-6,9,13,16H,7-8H2,1H3. The molecule has 2 aromatic rings. The molecular formula is C12H15N3O2. The largest absolute Gasteiger partial charge is 0.384 e. The van der Waals surface area contributed by atoms with Crippen LogP contribution in [-0.4, -0.2) is 21.8 Å². The maximum Gasteiger partial charge on any atom is 0.213 e. The summed E-state index contributed by atoms with van der Waals surface area (Å²) in [5.41, 5.74) is -0.0361. The van der Waals surface area contributed by atoms with Crippen LogP contribution in [-0.2, 0) is 12.1 Å². The summed E-state index contributed by atoms with van der Waals surface area (Å²) in [6, 6.07) is 9.53. The third-order valence-electron chi connectivity index (χ3n) is 2.55. The van der Waals surface area contributed by atoms with E-state index in [2.05, 4.69) is 20.0 Å². The van der Waals surface area contributed by atoms with E-state index in [1.54, 1.807) is 6.92 Å². The van der Waals surface area contributed by atoms with Crippen LogP contribution in [0, 0.1) is 0 Å². The lowest BCUT2D eigenvalue weighted by molar-refractivity contribution is 0.0564. The molecule has 0 saturated heterocycles. The maximum atomic E-state index is 10.3. The first-order valence-electron chi connectivity index (χ1n) is 5.42. The molecular weight excluding hydrogens is 218 g/mol. The molecule has 0 saturated carbocycles. The van der Waals surface area contributed by atoms with E-state index in [0.717, 1.165) is 5.56 Å². The van der Waals surface area contributed by atoms with E-state index >= 15 is 0 Å².